The fourth-order valence-corrected chi connectivity index (χ4v) is 3.66. The minimum atomic E-state index is 0. The molecule has 7 nitrogen and oxygen atoms in total. The van der Waals surface area contributed by atoms with Gasteiger partial charge in [0, 0.05) is 57.4 Å². The topological polar surface area (TPSA) is 69.2 Å². The molecule has 0 bridgehead atoms. The number of rotatable bonds is 5. The van der Waals surface area contributed by atoms with Crippen LogP contribution < -0.4 is 15.5 Å². The summed E-state index contributed by atoms with van der Waals surface area (Å²) in [5, 5.41) is 6.83. The fraction of sp³-hybridized carbons (Fsp3) is 0.619. The van der Waals surface area contributed by atoms with Crippen LogP contribution in [0.25, 0.3) is 0 Å². The number of guanidine groups is 1. The number of nitrogens with zero attached hydrogens (tertiary/aromatic N) is 3. The van der Waals surface area contributed by atoms with Gasteiger partial charge in [-0.15, -0.1) is 24.0 Å². The molecular weight excluding hydrogens is 481 g/mol. The third-order valence-corrected chi connectivity index (χ3v) is 5.33. The Bertz CT molecular complexity index is 674. The first-order chi connectivity index (χ1) is 13.6. The summed E-state index contributed by atoms with van der Waals surface area (Å²) in [5.74, 6) is 1.06. The molecule has 0 radical (unpaired) electrons. The SMILES string of the molecule is CN=C(NCc1ccc(N2CCOCC2)cc1)NC1CCN(C(=O)C(C)C)C1.I. The average Bonchev–Trinajstić information content (AvgIpc) is 3.20. The molecule has 162 valence electrons. The number of carbonyl (C=O) groups excluding carboxylic acids is 1. The van der Waals surface area contributed by atoms with E-state index in [9.17, 15) is 4.79 Å². The zero-order chi connectivity index (χ0) is 19.9. The van der Waals surface area contributed by atoms with Crippen LogP contribution in [0.4, 0.5) is 5.69 Å². The molecule has 0 spiro atoms. The van der Waals surface area contributed by atoms with Crippen LogP contribution in [-0.2, 0) is 16.1 Å². The smallest absolute Gasteiger partial charge is 0.225 e. The van der Waals surface area contributed by atoms with Crippen LogP contribution in [0, 0.1) is 5.92 Å². The Balaban J connectivity index is 0.00000300. The number of morpholine rings is 1. The van der Waals surface area contributed by atoms with Gasteiger partial charge in [-0.3, -0.25) is 9.79 Å². The van der Waals surface area contributed by atoms with Crippen molar-refractivity contribution < 1.29 is 9.53 Å². The van der Waals surface area contributed by atoms with E-state index in [0.717, 1.165) is 51.8 Å². The summed E-state index contributed by atoms with van der Waals surface area (Å²) in [6.45, 7) is 9.67. The van der Waals surface area contributed by atoms with Gasteiger partial charge in [-0.1, -0.05) is 26.0 Å². The quantitative estimate of drug-likeness (QED) is 0.357. The molecule has 2 heterocycles. The third-order valence-electron chi connectivity index (χ3n) is 5.33. The van der Waals surface area contributed by atoms with Crippen molar-refractivity contribution in [3.8, 4) is 0 Å². The average molecular weight is 515 g/mol. The minimum absolute atomic E-state index is 0. The molecule has 1 amide bonds. The molecule has 2 aliphatic heterocycles. The monoisotopic (exact) mass is 515 g/mol. The molecule has 0 aliphatic carbocycles. The number of aliphatic imine (C=N–C) groups is 1. The second-order valence-corrected chi connectivity index (χ2v) is 7.76. The molecule has 2 N–H and O–H groups in total. The van der Waals surface area contributed by atoms with Crippen molar-refractivity contribution in [2.45, 2.75) is 32.9 Å². The van der Waals surface area contributed by atoms with Crippen molar-refractivity contribution in [1.29, 1.82) is 0 Å². The molecule has 1 aromatic carbocycles. The molecule has 0 aromatic heterocycles. The number of likely N-dealkylation sites (tertiary alicyclic amines) is 1. The second-order valence-electron chi connectivity index (χ2n) is 7.76. The Hall–Kier alpha value is -1.55. The lowest BCUT2D eigenvalue weighted by molar-refractivity contribution is -0.133. The van der Waals surface area contributed by atoms with Crippen LogP contribution in [0.15, 0.2) is 29.3 Å². The van der Waals surface area contributed by atoms with Gasteiger partial charge in [0.15, 0.2) is 5.96 Å². The van der Waals surface area contributed by atoms with E-state index in [-0.39, 0.29) is 41.8 Å². The van der Waals surface area contributed by atoms with Gasteiger partial charge in [0.05, 0.1) is 13.2 Å². The van der Waals surface area contributed by atoms with Crippen LogP contribution in [-0.4, -0.2) is 69.2 Å². The predicted octanol–water partition coefficient (Wildman–Crippen LogP) is 2.06. The molecule has 3 rings (SSSR count). The zero-order valence-electron chi connectivity index (χ0n) is 17.7. The van der Waals surface area contributed by atoms with Gasteiger partial charge in [0.25, 0.3) is 0 Å². The lowest BCUT2D eigenvalue weighted by atomic mass is 10.2. The first-order valence-corrected chi connectivity index (χ1v) is 10.2. The molecule has 8 heteroatoms. The predicted molar refractivity (Wildman–Crippen MR) is 128 cm³/mol. The molecule has 1 unspecified atom stereocenters. The van der Waals surface area contributed by atoms with Gasteiger partial charge in [0.1, 0.15) is 0 Å². The molecule has 2 fully saturated rings. The Morgan fingerprint density at radius 1 is 1.21 bits per heavy atom. The van der Waals surface area contributed by atoms with Gasteiger partial charge in [-0.2, -0.15) is 0 Å². The lowest BCUT2D eigenvalue weighted by Gasteiger charge is -2.29. The summed E-state index contributed by atoms with van der Waals surface area (Å²) in [7, 11) is 1.78. The fourth-order valence-electron chi connectivity index (χ4n) is 3.66. The summed E-state index contributed by atoms with van der Waals surface area (Å²) in [6, 6.07) is 8.90. The standard InChI is InChI=1S/C21H33N5O2.HI/c1-16(2)20(27)26-9-8-18(15-26)24-21(22-3)23-14-17-4-6-19(7-5-17)25-10-12-28-13-11-25;/h4-7,16,18H,8-15H2,1-3H3,(H2,22,23,24);1H. The summed E-state index contributed by atoms with van der Waals surface area (Å²) in [4.78, 5) is 20.8. The van der Waals surface area contributed by atoms with Gasteiger partial charge in [-0.25, -0.2) is 0 Å². The van der Waals surface area contributed by atoms with E-state index in [1.165, 1.54) is 11.3 Å². The number of hydrogen-bond acceptors (Lipinski definition) is 4. The maximum atomic E-state index is 12.1. The van der Waals surface area contributed by atoms with E-state index in [1.807, 2.05) is 18.7 Å². The number of benzene rings is 1. The lowest BCUT2D eigenvalue weighted by Crippen LogP contribution is -2.45. The van der Waals surface area contributed by atoms with Gasteiger partial charge >= 0.3 is 0 Å². The van der Waals surface area contributed by atoms with Crippen molar-refractivity contribution in [3.05, 3.63) is 29.8 Å². The summed E-state index contributed by atoms with van der Waals surface area (Å²) in [6.07, 6.45) is 0.952. The highest BCUT2D eigenvalue weighted by molar-refractivity contribution is 14.0. The van der Waals surface area contributed by atoms with E-state index in [4.69, 9.17) is 4.74 Å². The molecule has 2 saturated heterocycles. The number of nitrogens with one attached hydrogen (secondary N) is 2. The molecule has 29 heavy (non-hydrogen) atoms. The summed E-state index contributed by atoms with van der Waals surface area (Å²) < 4.78 is 5.41. The second kappa shape index (κ2) is 11.6. The summed E-state index contributed by atoms with van der Waals surface area (Å²) >= 11 is 0. The minimum Gasteiger partial charge on any atom is -0.378 e. The Morgan fingerprint density at radius 2 is 1.90 bits per heavy atom. The zero-order valence-corrected chi connectivity index (χ0v) is 20.0. The van der Waals surface area contributed by atoms with Gasteiger partial charge in [0.2, 0.25) is 5.91 Å². The Labute approximate surface area is 191 Å². The highest BCUT2D eigenvalue weighted by atomic mass is 127. The maximum absolute atomic E-state index is 12.1. The number of carbonyl (C=O) groups is 1. The number of anilines is 1. The van der Waals surface area contributed by atoms with E-state index < -0.39 is 0 Å². The van der Waals surface area contributed by atoms with Crippen molar-refractivity contribution in [2.75, 3.05) is 51.3 Å². The van der Waals surface area contributed by atoms with Crippen LogP contribution in [0.2, 0.25) is 0 Å². The van der Waals surface area contributed by atoms with Gasteiger partial charge in [-0.05, 0) is 24.1 Å². The number of hydrogen-bond donors (Lipinski definition) is 2. The van der Waals surface area contributed by atoms with E-state index in [1.54, 1.807) is 7.05 Å². The first-order valence-electron chi connectivity index (χ1n) is 10.2. The molecule has 2 aliphatic rings. The normalized spacial score (nSPS) is 19.9. The van der Waals surface area contributed by atoms with Crippen molar-refractivity contribution in [3.63, 3.8) is 0 Å². The van der Waals surface area contributed by atoms with Crippen molar-refractivity contribution in [2.24, 2.45) is 10.9 Å². The highest BCUT2D eigenvalue weighted by Gasteiger charge is 2.27. The molecule has 1 atom stereocenters. The third kappa shape index (κ3) is 6.74. The Kier molecular flexibility index (Phi) is 9.48. The van der Waals surface area contributed by atoms with Crippen LogP contribution in [0.5, 0.6) is 0 Å². The van der Waals surface area contributed by atoms with Crippen LogP contribution >= 0.6 is 24.0 Å². The maximum Gasteiger partial charge on any atom is 0.225 e. The van der Waals surface area contributed by atoms with Crippen LogP contribution in [0.1, 0.15) is 25.8 Å². The van der Waals surface area contributed by atoms with E-state index in [2.05, 4.69) is 44.8 Å². The first kappa shape index (κ1) is 23.7. The molecule has 1 aromatic rings. The number of amides is 1. The molecular formula is C21H34IN5O2. The largest absolute Gasteiger partial charge is 0.378 e. The number of halogens is 1. The molecule has 0 saturated carbocycles. The van der Waals surface area contributed by atoms with E-state index >= 15 is 0 Å². The van der Waals surface area contributed by atoms with Gasteiger partial charge < -0.3 is 25.2 Å². The number of ether oxygens (including phenoxy) is 1. The summed E-state index contributed by atoms with van der Waals surface area (Å²) in [5.41, 5.74) is 2.46. The van der Waals surface area contributed by atoms with Crippen molar-refractivity contribution >= 4 is 41.5 Å². The van der Waals surface area contributed by atoms with Crippen LogP contribution in [0.3, 0.4) is 0 Å². The van der Waals surface area contributed by atoms with E-state index in [0.29, 0.717) is 6.54 Å². The van der Waals surface area contributed by atoms with Crippen molar-refractivity contribution in [1.82, 2.24) is 15.5 Å². The Morgan fingerprint density at radius 3 is 2.52 bits per heavy atom. The highest BCUT2D eigenvalue weighted by Crippen LogP contribution is 2.17.